The molecule has 1 atom stereocenters. The van der Waals surface area contributed by atoms with Gasteiger partial charge in [-0.3, -0.25) is 4.79 Å². The van der Waals surface area contributed by atoms with Crippen LogP contribution < -0.4 is 5.32 Å². The highest BCUT2D eigenvalue weighted by Crippen LogP contribution is 2.28. The highest BCUT2D eigenvalue weighted by Gasteiger charge is 2.14. The van der Waals surface area contributed by atoms with E-state index < -0.39 is 5.97 Å². The van der Waals surface area contributed by atoms with Gasteiger partial charge in [0, 0.05) is 9.72 Å². The maximum atomic E-state index is 12.1. The zero-order valence-corrected chi connectivity index (χ0v) is 14.9. The van der Waals surface area contributed by atoms with Gasteiger partial charge in [0.25, 0.3) is 0 Å². The van der Waals surface area contributed by atoms with Crippen LogP contribution in [0.1, 0.15) is 28.1 Å². The normalized spacial score (nSPS) is 11.7. The van der Waals surface area contributed by atoms with Crippen LogP contribution in [0.4, 0.5) is 5.69 Å². The standard InChI is InChI=1S/C17H16BrNO3S/c1-11(12-5-3-2-4-6-12)23-10-16(20)19-15-8-7-13(18)9-14(15)17(21)22/h2-9,11H,10H2,1H3,(H,19,20)(H,21,22). The molecule has 4 nitrogen and oxygen atoms in total. The minimum absolute atomic E-state index is 0.0637. The van der Waals surface area contributed by atoms with E-state index in [-0.39, 0.29) is 22.5 Å². The predicted molar refractivity (Wildman–Crippen MR) is 97.0 cm³/mol. The van der Waals surface area contributed by atoms with Gasteiger partial charge in [-0.2, -0.15) is 0 Å². The lowest BCUT2D eigenvalue weighted by Gasteiger charge is -2.12. The first-order chi connectivity index (χ1) is 11.0. The van der Waals surface area contributed by atoms with Crippen LogP contribution in [0, 0.1) is 0 Å². The Bertz CT molecular complexity index is 706. The molecule has 0 aromatic heterocycles. The average Bonchev–Trinajstić information content (AvgIpc) is 2.55. The SMILES string of the molecule is CC(SCC(=O)Nc1ccc(Br)cc1C(=O)O)c1ccccc1. The molecule has 2 aromatic rings. The summed E-state index contributed by atoms with van der Waals surface area (Å²) < 4.78 is 0.653. The molecule has 2 rings (SSSR count). The Balaban J connectivity index is 1.96. The summed E-state index contributed by atoms with van der Waals surface area (Å²) in [5, 5.41) is 12.0. The molecular weight excluding hydrogens is 378 g/mol. The van der Waals surface area contributed by atoms with Crippen molar-refractivity contribution >= 4 is 45.3 Å². The van der Waals surface area contributed by atoms with Crippen molar-refractivity contribution in [2.45, 2.75) is 12.2 Å². The number of hydrogen-bond acceptors (Lipinski definition) is 3. The maximum absolute atomic E-state index is 12.1. The van der Waals surface area contributed by atoms with E-state index in [1.165, 1.54) is 17.8 Å². The van der Waals surface area contributed by atoms with Gasteiger partial charge in [0.2, 0.25) is 5.91 Å². The van der Waals surface area contributed by atoms with Crippen LogP contribution in [0.3, 0.4) is 0 Å². The third kappa shape index (κ3) is 5.11. The number of carbonyl (C=O) groups excluding carboxylic acids is 1. The molecule has 0 fully saturated rings. The largest absolute Gasteiger partial charge is 0.478 e. The molecule has 0 aliphatic carbocycles. The van der Waals surface area contributed by atoms with Gasteiger partial charge in [-0.05, 0) is 30.7 Å². The Labute approximate surface area is 147 Å². The van der Waals surface area contributed by atoms with Gasteiger partial charge in [0.05, 0.1) is 17.0 Å². The van der Waals surface area contributed by atoms with Crippen LogP contribution in [-0.2, 0) is 4.79 Å². The molecule has 0 aliphatic rings. The molecule has 2 aromatic carbocycles. The maximum Gasteiger partial charge on any atom is 0.337 e. The number of anilines is 1. The van der Waals surface area contributed by atoms with Gasteiger partial charge in [-0.1, -0.05) is 46.3 Å². The zero-order valence-electron chi connectivity index (χ0n) is 12.5. The number of carbonyl (C=O) groups is 2. The topological polar surface area (TPSA) is 66.4 Å². The number of amides is 1. The fourth-order valence-corrected chi connectivity index (χ4v) is 3.19. The molecule has 0 radical (unpaired) electrons. The van der Waals surface area contributed by atoms with Crippen molar-refractivity contribution in [3.05, 3.63) is 64.1 Å². The summed E-state index contributed by atoms with van der Waals surface area (Å²) in [7, 11) is 0. The van der Waals surface area contributed by atoms with Gasteiger partial charge >= 0.3 is 5.97 Å². The summed E-state index contributed by atoms with van der Waals surface area (Å²) in [4.78, 5) is 23.3. The fraction of sp³-hybridized carbons (Fsp3) is 0.176. The first-order valence-corrected chi connectivity index (χ1v) is 8.81. The fourth-order valence-electron chi connectivity index (χ4n) is 2.01. The Kier molecular flexibility index (Phi) is 6.24. The van der Waals surface area contributed by atoms with Crippen molar-refractivity contribution < 1.29 is 14.7 Å². The van der Waals surface area contributed by atoms with E-state index >= 15 is 0 Å². The lowest BCUT2D eigenvalue weighted by Crippen LogP contribution is -2.17. The van der Waals surface area contributed by atoms with Crippen molar-refractivity contribution in [1.29, 1.82) is 0 Å². The lowest BCUT2D eigenvalue weighted by molar-refractivity contribution is -0.113. The highest BCUT2D eigenvalue weighted by molar-refractivity contribution is 9.10. The van der Waals surface area contributed by atoms with Gasteiger partial charge in [0.15, 0.2) is 0 Å². The van der Waals surface area contributed by atoms with E-state index in [2.05, 4.69) is 21.2 Å². The first kappa shape index (κ1) is 17.6. The van der Waals surface area contributed by atoms with Crippen LogP contribution in [-0.4, -0.2) is 22.7 Å². The van der Waals surface area contributed by atoms with E-state index in [1.807, 2.05) is 37.3 Å². The molecule has 2 N–H and O–H groups in total. The van der Waals surface area contributed by atoms with Crippen LogP contribution in [0.15, 0.2) is 53.0 Å². The summed E-state index contributed by atoms with van der Waals surface area (Å²) in [5.74, 6) is -1.04. The molecular formula is C17H16BrNO3S. The highest BCUT2D eigenvalue weighted by atomic mass is 79.9. The molecule has 0 heterocycles. The monoisotopic (exact) mass is 393 g/mol. The van der Waals surface area contributed by atoms with Gasteiger partial charge < -0.3 is 10.4 Å². The summed E-state index contributed by atoms with van der Waals surface area (Å²) >= 11 is 4.73. The average molecular weight is 394 g/mol. The molecule has 23 heavy (non-hydrogen) atoms. The number of benzene rings is 2. The molecule has 0 spiro atoms. The minimum atomic E-state index is -1.08. The number of halogens is 1. The lowest BCUT2D eigenvalue weighted by atomic mass is 10.2. The molecule has 1 unspecified atom stereocenters. The molecule has 0 bridgehead atoms. The number of nitrogens with one attached hydrogen (secondary N) is 1. The van der Waals surface area contributed by atoms with E-state index in [1.54, 1.807) is 12.1 Å². The molecule has 0 aliphatic heterocycles. The van der Waals surface area contributed by atoms with Crippen LogP contribution >= 0.6 is 27.7 Å². The Morgan fingerprint density at radius 1 is 1.22 bits per heavy atom. The molecule has 0 saturated carbocycles. The Morgan fingerprint density at radius 2 is 1.91 bits per heavy atom. The summed E-state index contributed by atoms with van der Waals surface area (Å²) in [6, 6.07) is 14.7. The van der Waals surface area contributed by atoms with E-state index in [0.717, 1.165) is 5.56 Å². The predicted octanol–water partition coefficient (Wildman–Crippen LogP) is 4.58. The second kappa shape index (κ2) is 8.17. The number of hydrogen-bond donors (Lipinski definition) is 2. The molecule has 1 amide bonds. The second-order valence-corrected chi connectivity index (χ2v) is 7.15. The van der Waals surface area contributed by atoms with Crippen LogP contribution in [0.5, 0.6) is 0 Å². The third-order valence-electron chi connectivity index (χ3n) is 3.22. The summed E-state index contributed by atoms with van der Waals surface area (Å²) in [5.41, 5.74) is 1.52. The van der Waals surface area contributed by atoms with Crippen molar-refractivity contribution in [1.82, 2.24) is 0 Å². The second-order valence-electron chi connectivity index (χ2n) is 4.91. The quantitative estimate of drug-likeness (QED) is 0.753. The van der Waals surface area contributed by atoms with Crippen LogP contribution in [0.2, 0.25) is 0 Å². The Hall–Kier alpha value is -1.79. The van der Waals surface area contributed by atoms with E-state index in [9.17, 15) is 14.7 Å². The number of thioether (sulfide) groups is 1. The Morgan fingerprint density at radius 3 is 2.57 bits per heavy atom. The van der Waals surface area contributed by atoms with E-state index in [0.29, 0.717) is 10.2 Å². The third-order valence-corrected chi connectivity index (χ3v) is 4.91. The molecule has 0 saturated heterocycles. The number of aromatic carboxylic acids is 1. The van der Waals surface area contributed by atoms with E-state index in [4.69, 9.17) is 0 Å². The van der Waals surface area contributed by atoms with Crippen molar-refractivity contribution in [2.75, 3.05) is 11.1 Å². The van der Waals surface area contributed by atoms with Crippen molar-refractivity contribution in [3.63, 3.8) is 0 Å². The van der Waals surface area contributed by atoms with Crippen molar-refractivity contribution in [2.24, 2.45) is 0 Å². The van der Waals surface area contributed by atoms with Gasteiger partial charge in [-0.15, -0.1) is 11.8 Å². The van der Waals surface area contributed by atoms with Crippen molar-refractivity contribution in [3.8, 4) is 0 Å². The zero-order chi connectivity index (χ0) is 16.8. The molecule has 120 valence electrons. The number of carboxylic acids is 1. The minimum Gasteiger partial charge on any atom is -0.478 e. The van der Waals surface area contributed by atoms with Crippen LogP contribution in [0.25, 0.3) is 0 Å². The number of rotatable bonds is 6. The smallest absolute Gasteiger partial charge is 0.337 e. The summed E-state index contributed by atoms with van der Waals surface area (Å²) in [6.45, 7) is 2.04. The summed E-state index contributed by atoms with van der Waals surface area (Å²) in [6.07, 6.45) is 0. The van der Waals surface area contributed by atoms with Gasteiger partial charge in [-0.25, -0.2) is 4.79 Å². The first-order valence-electron chi connectivity index (χ1n) is 6.96. The van der Waals surface area contributed by atoms with Gasteiger partial charge in [0.1, 0.15) is 0 Å². The molecule has 6 heteroatoms. The number of carboxylic acid groups (broad SMARTS) is 1.